The molecule has 1 amide bonds. The standard InChI is InChI=1S/C17H11Cl2N3O2/c18-13-6-3-5-12(10-13)16-21-22-17(24-16)20-15(23)9-8-11-4-1-2-7-14(11)19/h1-10H,(H,20,22,23). The molecule has 0 saturated heterocycles. The Morgan fingerprint density at radius 1 is 1.08 bits per heavy atom. The fraction of sp³-hybridized carbons (Fsp3) is 0. The molecule has 1 N–H and O–H groups in total. The van der Waals surface area contributed by atoms with Gasteiger partial charge >= 0.3 is 6.01 Å². The van der Waals surface area contributed by atoms with Crippen LogP contribution in [0.1, 0.15) is 5.56 Å². The van der Waals surface area contributed by atoms with Gasteiger partial charge in [-0.1, -0.05) is 52.6 Å². The monoisotopic (exact) mass is 359 g/mol. The number of benzene rings is 2. The fourth-order valence-electron chi connectivity index (χ4n) is 1.93. The highest BCUT2D eigenvalue weighted by molar-refractivity contribution is 6.32. The smallest absolute Gasteiger partial charge is 0.322 e. The Balaban J connectivity index is 1.68. The largest absolute Gasteiger partial charge is 0.403 e. The van der Waals surface area contributed by atoms with Crippen molar-refractivity contribution in [3.8, 4) is 11.5 Å². The Morgan fingerprint density at radius 2 is 1.92 bits per heavy atom. The first kappa shape index (κ1) is 16.2. The molecule has 0 aliphatic rings. The van der Waals surface area contributed by atoms with Gasteiger partial charge in [0.15, 0.2) is 0 Å². The number of rotatable bonds is 4. The Morgan fingerprint density at radius 3 is 2.71 bits per heavy atom. The third-order valence-electron chi connectivity index (χ3n) is 3.05. The molecule has 3 aromatic rings. The maximum absolute atomic E-state index is 11.9. The van der Waals surface area contributed by atoms with Crippen LogP contribution in [0, 0.1) is 0 Å². The molecular formula is C17H11Cl2N3O2. The summed E-state index contributed by atoms with van der Waals surface area (Å²) >= 11 is 11.9. The van der Waals surface area contributed by atoms with E-state index in [-0.39, 0.29) is 11.9 Å². The van der Waals surface area contributed by atoms with Gasteiger partial charge in [0, 0.05) is 21.7 Å². The summed E-state index contributed by atoms with van der Waals surface area (Å²) in [6.07, 6.45) is 2.94. The normalized spacial score (nSPS) is 10.9. The van der Waals surface area contributed by atoms with Crippen LogP contribution in [0.5, 0.6) is 0 Å². The van der Waals surface area contributed by atoms with E-state index >= 15 is 0 Å². The number of hydrogen-bond donors (Lipinski definition) is 1. The maximum atomic E-state index is 11.9. The van der Waals surface area contributed by atoms with Gasteiger partial charge in [0.25, 0.3) is 5.91 Å². The van der Waals surface area contributed by atoms with Crippen molar-refractivity contribution in [2.45, 2.75) is 0 Å². The summed E-state index contributed by atoms with van der Waals surface area (Å²) in [6.45, 7) is 0. The third-order valence-corrected chi connectivity index (χ3v) is 3.63. The van der Waals surface area contributed by atoms with Gasteiger partial charge in [0.2, 0.25) is 5.89 Å². The molecule has 0 fully saturated rings. The minimum absolute atomic E-state index is 0.00113. The predicted octanol–water partition coefficient (Wildman–Crippen LogP) is 4.70. The number of nitrogens with zero attached hydrogens (tertiary/aromatic N) is 2. The highest BCUT2D eigenvalue weighted by Crippen LogP contribution is 2.22. The van der Waals surface area contributed by atoms with Gasteiger partial charge < -0.3 is 4.42 Å². The molecule has 0 aliphatic heterocycles. The second-order valence-corrected chi connectivity index (χ2v) is 5.61. The summed E-state index contributed by atoms with van der Waals surface area (Å²) in [4.78, 5) is 11.9. The molecule has 0 saturated carbocycles. The minimum atomic E-state index is -0.406. The number of carbonyl (C=O) groups is 1. The van der Waals surface area contributed by atoms with Crippen LogP contribution in [0.25, 0.3) is 17.5 Å². The summed E-state index contributed by atoms with van der Waals surface area (Å²) in [7, 11) is 0. The van der Waals surface area contributed by atoms with E-state index in [0.717, 1.165) is 5.56 Å². The molecule has 0 bridgehead atoms. The second kappa shape index (κ2) is 7.29. The Bertz CT molecular complexity index is 906. The van der Waals surface area contributed by atoms with Gasteiger partial charge in [-0.25, -0.2) is 0 Å². The van der Waals surface area contributed by atoms with Crippen molar-refractivity contribution >= 4 is 41.2 Å². The molecule has 5 nitrogen and oxygen atoms in total. The van der Waals surface area contributed by atoms with Crippen LogP contribution in [0.4, 0.5) is 6.01 Å². The summed E-state index contributed by atoms with van der Waals surface area (Å²) in [5.41, 5.74) is 1.40. The summed E-state index contributed by atoms with van der Waals surface area (Å²) in [6, 6.07) is 14.2. The molecule has 24 heavy (non-hydrogen) atoms. The molecule has 0 radical (unpaired) electrons. The molecule has 0 atom stereocenters. The van der Waals surface area contributed by atoms with E-state index in [2.05, 4.69) is 15.5 Å². The number of carbonyl (C=O) groups excluding carboxylic acids is 1. The lowest BCUT2D eigenvalue weighted by Crippen LogP contribution is -2.07. The molecule has 3 rings (SSSR count). The zero-order chi connectivity index (χ0) is 16.9. The van der Waals surface area contributed by atoms with Crippen LogP contribution < -0.4 is 5.32 Å². The lowest BCUT2D eigenvalue weighted by Gasteiger charge is -1.97. The Hall–Kier alpha value is -2.63. The topological polar surface area (TPSA) is 68.0 Å². The quantitative estimate of drug-likeness (QED) is 0.685. The molecule has 1 heterocycles. The van der Waals surface area contributed by atoms with E-state index in [1.165, 1.54) is 6.08 Å². The predicted molar refractivity (Wildman–Crippen MR) is 93.9 cm³/mol. The third kappa shape index (κ3) is 4.01. The van der Waals surface area contributed by atoms with E-state index in [1.807, 2.05) is 12.1 Å². The molecule has 0 unspecified atom stereocenters. The lowest BCUT2D eigenvalue weighted by atomic mass is 10.2. The number of hydrogen-bond acceptors (Lipinski definition) is 4. The van der Waals surface area contributed by atoms with E-state index in [4.69, 9.17) is 27.6 Å². The zero-order valence-corrected chi connectivity index (χ0v) is 13.8. The first-order valence-electron chi connectivity index (χ1n) is 6.95. The summed E-state index contributed by atoms with van der Waals surface area (Å²) < 4.78 is 5.40. The molecule has 0 aliphatic carbocycles. The molecular weight excluding hydrogens is 349 g/mol. The second-order valence-electron chi connectivity index (χ2n) is 4.77. The van der Waals surface area contributed by atoms with E-state index in [9.17, 15) is 4.79 Å². The highest BCUT2D eigenvalue weighted by Gasteiger charge is 2.10. The van der Waals surface area contributed by atoms with Gasteiger partial charge in [0.05, 0.1) is 0 Å². The average molecular weight is 360 g/mol. The summed E-state index contributed by atoms with van der Waals surface area (Å²) in [5.74, 6) is -0.140. The van der Waals surface area contributed by atoms with Crippen molar-refractivity contribution in [3.05, 3.63) is 70.2 Å². The van der Waals surface area contributed by atoms with Crippen molar-refractivity contribution in [2.24, 2.45) is 0 Å². The summed E-state index contributed by atoms with van der Waals surface area (Å²) in [5, 5.41) is 11.3. The maximum Gasteiger partial charge on any atom is 0.322 e. The van der Waals surface area contributed by atoms with Crippen molar-refractivity contribution in [2.75, 3.05) is 5.32 Å². The molecule has 1 aromatic heterocycles. The highest BCUT2D eigenvalue weighted by atomic mass is 35.5. The molecule has 120 valence electrons. The molecule has 2 aromatic carbocycles. The molecule has 0 spiro atoms. The Labute approximate surface area is 147 Å². The number of nitrogens with one attached hydrogen (secondary N) is 1. The van der Waals surface area contributed by atoms with Gasteiger partial charge in [0.1, 0.15) is 0 Å². The van der Waals surface area contributed by atoms with Gasteiger partial charge in [-0.05, 0) is 35.9 Å². The molecule has 7 heteroatoms. The van der Waals surface area contributed by atoms with Gasteiger partial charge in [-0.15, -0.1) is 5.10 Å². The number of amides is 1. The zero-order valence-electron chi connectivity index (χ0n) is 12.2. The van der Waals surface area contributed by atoms with Crippen molar-refractivity contribution in [1.29, 1.82) is 0 Å². The number of aromatic nitrogens is 2. The lowest BCUT2D eigenvalue weighted by molar-refractivity contribution is -0.112. The van der Waals surface area contributed by atoms with Crippen LogP contribution in [0.15, 0.2) is 59.0 Å². The van der Waals surface area contributed by atoms with Crippen molar-refractivity contribution in [3.63, 3.8) is 0 Å². The fourth-order valence-corrected chi connectivity index (χ4v) is 2.32. The van der Waals surface area contributed by atoms with E-state index in [1.54, 1.807) is 42.5 Å². The Kier molecular flexibility index (Phi) is 4.93. The van der Waals surface area contributed by atoms with Crippen LogP contribution in [0.2, 0.25) is 10.0 Å². The van der Waals surface area contributed by atoms with Gasteiger partial charge in [-0.3, -0.25) is 10.1 Å². The first-order chi connectivity index (χ1) is 11.6. The number of anilines is 1. The van der Waals surface area contributed by atoms with Crippen LogP contribution in [0.3, 0.4) is 0 Å². The first-order valence-corrected chi connectivity index (χ1v) is 7.70. The van der Waals surface area contributed by atoms with E-state index < -0.39 is 5.91 Å². The van der Waals surface area contributed by atoms with Crippen LogP contribution in [-0.4, -0.2) is 16.1 Å². The van der Waals surface area contributed by atoms with Crippen molar-refractivity contribution < 1.29 is 9.21 Å². The SMILES string of the molecule is O=C(C=Cc1ccccc1Cl)Nc1nnc(-c2cccc(Cl)c2)o1. The minimum Gasteiger partial charge on any atom is -0.403 e. The average Bonchev–Trinajstić information content (AvgIpc) is 3.02. The van der Waals surface area contributed by atoms with Gasteiger partial charge in [-0.2, -0.15) is 0 Å². The van der Waals surface area contributed by atoms with E-state index in [0.29, 0.717) is 15.6 Å². The number of halogens is 2. The van der Waals surface area contributed by atoms with Crippen LogP contribution >= 0.6 is 23.2 Å². The van der Waals surface area contributed by atoms with Crippen molar-refractivity contribution in [1.82, 2.24) is 10.2 Å². The van der Waals surface area contributed by atoms with Crippen LogP contribution in [-0.2, 0) is 4.79 Å².